The highest BCUT2D eigenvalue weighted by molar-refractivity contribution is 7.17. The van der Waals surface area contributed by atoms with E-state index in [-0.39, 0.29) is 18.3 Å². The minimum absolute atomic E-state index is 0.161. The van der Waals surface area contributed by atoms with E-state index in [1.165, 1.54) is 23.3 Å². The monoisotopic (exact) mass is 397 g/mol. The largest absolute Gasteiger partial charge is 0.465 e. The second-order valence-electron chi connectivity index (χ2n) is 7.35. The molecule has 0 atom stereocenters. The van der Waals surface area contributed by atoms with Crippen LogP contribution in [0.2, 0.25) is 0 Å². The van der Waals surface area contributed by atoms with Crippen LogP contribution in [0.25, 0.3) is 11.0 Å². The molecule has 0 radical (unpaired) electrons. The molecule has 1 aliphatic carbocycles. The van der Waals surface area contributed by atoms with Crippen molar-refractivity contribution in [2.75, 3.05) is 12.4 Å². The lowest BCUT2D eigenvalue weighted by molar-refractivity contribution is -0.115. The molecule has 4 rings (SSSR count). The van der Waals surface area contributed by atoms with Crippen molar-refractivity contribution < 1.29 is 18.7 Å². The van der Waals surface area contributed by atoms with Gasteiger partial charge in [-0.15, -0.1) is 11.3 Å². The first-order chi connectivity index (χ1) is 13.5. The fraction of sp³-hybridized carbons (Fsp3) is 0.364. The van der Waals surface area contributed by atoms with Gasteiger partial charge in [-0.25, -0.2) is 4.79 Å². The van der Waals surface area contributed by atoms with Crippen molar-refractivity contribution >= 4 is 39.2 Å². The molecule has 5 nitrogen and oxygen atoms in total. The van der Waals surface area contributed by atoms with Crippen molar-refractivity contribution in [2.24, 2.45) is 0 Å². The molecule has 146 valence electrons. The first-order valence-corrected chi connectivity index (χ1v) is 10.3. The van der Waals surface area contributed by atoms with Crippen molar-refractivity contribution in [2.45, 2.75) is 46.0 Å². The van der Waals surface area contributed by atoms with Crippen molar-refractivity contribution in [3.05, 3.63) is 51.1 Å². The summed E-state index contributed by atoms with van der Waals surface area (Å²) in [5, 5.41) is 4.54. The molecule has 1 aliphatic rings. The van der Waals surface area contributed by atoms with E-state index in [1.54, 1.807) is 6.26 Å². The number of thiophene rings is 1. The molecule has 0 saturated heterocycles. The van der Waals surface area contributed by atoms with Gasteiger partial charge in [0.05, 0.1) is 25.4 Å². The van der Waals surface area contributed by atoms with Crippen molar-refractivity contribution in [3.8, 4) is 0 Å². The summed E-state index contributed by atoms with van der Waals surface area (Å²) in [6, 6.07) is 4.06. The predicted molar refractivity (Wildman–Crippen MR) is 110 cm³/mol. The number of aryl methyl sites for hydroxylation is 3. The number of benzene rings is 1. The van der Waals surface area contributed by atoms with E-state index in [0.717, 1.165) is 58.9 Å². The third-order valence-electron chi connectivity index (χ3n) is 5.26. The standard InChI is InChI=1S/C22H23NO4S/c1-12-8-13(2)19-14(11-27-16(19)9-12)10-18(24)23-21-20(22(25)26-3)15-6-4-5-7-17(15)28-21/h8-9,11H,4-7,10H2,1-3H3,(H,23,24). The van der Waals surface area contributed by atoms with Gasteiger partial charge in [0.1, 0.15) is 10.6 Å². The third kappa shape index (κ3) is 3.33. The Bertz CT molecular complexity index is 1080. The maximum absolute atomic E-state index is 12.8. The lowest BCUT2D eigenvalue weighted by Crippen LogP contribution is -2.16. The fourth-order valence-corrected chi connectivity index (χ4v) is 5.37. The Kier molecular flexibility index (Phi) is 4.98. The molecule has 1 aromatic carbocycles. The third-order valence-corrected chi connectivity index (χ3v) is 6.46. The molecule has 28 heavy (non-hydrogen) atoms. The molecule has 3 aromatic rings. The average molecular weight is 397 g/mol. The highest BCUT2D eigenvalue weighted by Gasteiger charge is 2.27. The second-order valence-corrected chi connectivity index (χ2v) is 8.45. The maximum Gasteiger partial charge on any atom is 0.341 e. The van der Waals surface area contributed by atoms with Gasteiger partial charge in [0, 0.05) is 15.8 Å². The summed E-state index contributed by atoms with van der Waals surface area (Å²) in [7, 11) is 1.38. The first-order valence-electron chi connectivity index (χ1n) is 9.48. The highest BCUT2D eigenvalue weighted by Crippen LogP contribution is 2.38. The van der Waals surface area contributed by atoms with Gasteiger partial charge in [-0.3, -0.25) is 4.79 Å². The van der Waals surface area contributed by atoms with E-state index in [9.17, 15) is 9.59 Å². The van der Waals surface area contributed by atoms with Crippen LogP contribution in [0, 0.1) is 13.8 Å². The van der Waals surface area contributed by atoms with E-state index < -0.39 is 0 Å². The minimum Gasteiger partial charge on any atom is -0.465 e. The quantitative estimate of drug-likeness (QED) is 0.632. The van der Waals surface area contributed by atoms with Crippen LogP contribution in [0.1, 0.15) is 50.3 Å². The van der Waals surface area contributed by atoms with Crippen molar-refractivity contribution in [3.63, 3.8) is 0 Å². The van der Waals surface area contributed by atoms with Crippen LogP contribution in [0.15, 0.2) is 22.8 Å². The number of carbonyl (C=O) groups excluding carboxylic acids is 2. The molecular formula is C22H23NO4S. The van der Waals surface area contributed by atoms with Crippen LogP contribution in [0.5, 0.6) is 0 Å². The Balaban J connectivity index is 1.61. The van der Waals surface area contributed by atoms with Gasteiger partial charge >= 0.3 is 5.97 Å². The predicted octanol–water partition coefficient (Wildman–Crippen LogP) is 4.96. The van der Waals surface area contributed by atoms with Gasteiger partial charge in [0.15, 0.2) is 0 Å². The SMILES string of the molecule is COC(=O)c1c(NC(=O)Cc2coc3cc(C)cc(C)c23)sc2c1CCCC2. The number of hydrogen-bond acceptors (Lipinski definition) is 5. The number of methoxy groups -OCH3 is 1. The smallest absolute Gasteiger partial charge is 0.341 e. The topological polar surface area (TPSA) is 68.5 Å². The van der Waals surface area contributed by atoms with Gasteiger partial charge in [-0.1, -0.05) is 6.07 Å². The molecule has 0 fully saturated rings. The van der Waals surface area contributed by atoms with E-state index in [2.05, 4.69) is 11.4 Å². The summed E-state index contributed by atoms with van der Waals surface area (Å²) in [6.07, 6.45) is 5.82. The number of carbonyl (C=O) groups is 2. The Hall–Kier alpha value is -2.60. The van der Waals surface area contributed by atoms with Gasteiger partial charge in [0.2, 0.25) is 5.91 Å². The molecule has 0 bridgehead atoms. The average Bonchev–Trinajstić information content (AvgIpc) is 3.21. The van der Waals surface area contributed by atoms with E-state index in [1.807, 2.05) is 19.9 Å². The van der Waals surface area contributed by atoms with Gasteiger partial charge in [-0.05, 0) is 62.3 Å². The Morgan fingerprint density at radius 1 is 1.21 bits per heavy atom. The van der Waals surface area contributed by atoms with Crippen LogP contribution in [0.3, 0.4) is 0 Å². The first kappa shape index (κ1) is 18.7. The van der Waals surface area contributed by atoms with Crippen molar-refractivity contribution in [1.82, 2.24) is 0 Å². The molecule has 0 unspecified atom stereocenters. The second kappa shape index (κ2) is 7.43. The molecule has 1 N–H and O–H groups in total. The number of amides is 1. The van der Waals surface area contributed by atoms with Gasteiger partial charge < -0.3 is 14.5 Å². The number of ether oxygens (including phenoxy) is 1. The number of fused-ring (bicyclic) bond motifs is 2. The number of hydrogen-bond donors (Lipinski definition) is 1. The lowest BCUT2D eigenvalue weighted by atomic mass is 9.95. The number of nitrogens with one attached hydrogen (secondary N) is 1. The lowest BCUT2D eigenvalue weighted by Gasteiger charge is -2.11. The Morgan fingerprint density at radius 2 is 2.00 bits per heavy atom. The summed E-state index contributed by atoms with van der Waals surface area (Å²) >= 11 is 1.50. The molecule has 1 amide bonds. The zero-order valence-corrected chi connectivity index (χ0v) is 17.1. The fourth-order valence-electron chi connectivity index (χ4n) is 4.07. The molecule has 0 aliphatic heterocycles. The summed E-state index contributed by atoms with van der Waals surface area (Å²) in [5.41, 5.74) is 5.43. The number of esters is 1. The normalized spacial score (nSPS) is 13.4. The number of furan rings is 1. The van der Waals surface area contributed by atoms with Crippen LogP contribution >= 0.6 is 11.3 Å². The van der Waals surface area contributed by atoms with E-state index in [4.69, 9.17) is 9.15 Å². The van der Waals surface area contributed by atoms with Crippen LogP contribution in [0.4, 0.5) is 5.00 Å². The summed E-state index contributed by atoms with van der Waals surface area (Å²) in [5.74, 6) is -0.541. The minimum atomic E-state index is -0.380. The zero-order valence-electron chi connectivity index (χ0n) is 16.3. The molecule has 0 saturated carbocycles. The van der Waals surface area contributed by atoms with Crippen LogP contribution < -0.4 is 5.32 Å². The van der Waals surface area contributed by atoms with E-state index >= 15 is 0 Å². The Morgan fingerprint density at radius 3 is 2.79 bits per heavy atom. The highest BCUT2D eigenvalue weighted by atomic mass is 32.1. The molecule has 0 spiro atoms. The van der Waals surface area contributed by atoms with Crippen LogP contribution in [-0.2, 0) is 28.8 Å². The molecule has 2 aromatic heterocycles. The van der Waals surface area contributed by atoms with Gasteiger partial charge in [0.25, 0.3) is 0 Å². The summed E-state index contributed by atoms with van der Waals surface area (Å²) < 4.78 is 10.6. The van der Waals surface area contributed by atoms with Crippen LogP contribution in [-0.4, -0.2) is 19.0 Å². The zero-order chi connectivity index (χ0) is 19.8. The Labute approximate surface area is 167 Å². The molecule has 6 heteroatoms. The van der Waals surface area contributed by atoms with Gasteiger partial charge in [-0.2, -0.15) is 0 Å². The maximum atomic E-state index is 12.8. The summed E-state index contributed by atoms with van der Waals surface area (Å²) in [6.45, 7) is 4.04. The number of rotatable bonds is 4. The van der Waals surface area contributed by atoms with E-state index in [0.29, 0.717) is 10.6 Å². The molecule has 2 heterocycles. The number of anilines is 1. The molecular weight excluding hydrogens is 374 g/mol. The summed E-state index contributed by atoms with van der Waals surface area (Å²) in [4.78, 5) is 26.3. The van der Waals surface area contributed by atoms with Crippen molar-refractivity contribution in [1.29, 1.82) is 0 Å².